The maximum Gasteiger partial charge on any atom is 0.258 e. The number of hydrogen-bond donors (Lipinski definition) is 5. The summed E-state index contributed by atoms with van der Waals surface area (Å²) >= 11 is 0. The van der Waals surface area contributed by atoms with Gasteiger partial charge < -0.3 is 30.9 Å². The molecule has 4 heterocycles. The van der Waals surface area contributed by atoms with E-state index >= 15 is 0 Å². The van der Waals surface area contributed by atoms with Crippen LogP contribution in [0.25, 0.3) is 22.0 Å². The van der Waals surface area contributed by atoms with Gasteiger partial charge in [0.05, 0.1) is 11.1 Å². The molecule has 0 radical (unpaired) electrons. The highest BCUT2D eigenvalue weighted by Crippen LogP contribution is 2.35. The van der Waals surface area contributed by atoms with E-state index in [1.807, 2.05) is 42.5 Å². The number of rotatable bonds is 8. The van der Waals surface area contributed by atoms with E-state index in [1.165, 1.54) is 12.1 Å². The van der Waals surface area contributed by atoms with Crippen LogP contribution in [0.3, 0.4) is 0 Å². The fourth-order valence-electron chi connectivity index (χ4n) is 7.14. The van der Waals surface area contributed by atoms with Gasteiger partial charge in [0.1, 0.15) is 11.6 Å². The lowest BCUT2D eigenvalue weighted by molar-refractivity contribution is 0.0904. The van der Waals surface area contributed by atoms with Crippen LogP contribution >= 0.6 is 0 Å². The van der Waals surface area contributed by atoms with E-state index in [0.29, 0.717) is 53.2 Å². The van der Waals surface area contributed by atoms with Gasteiger partial charge >= 0.3 is 0 Å². The summed E-state index contributed by atoms with van der Waals surface area (Å²) in [6.07, 6.45) is 1.89. The van der Waals surface area contributed by atoms with Crippen LogP contribution in [0.1, 0.15) is 50.2 Å². The van der Waals surface area contributed by atoms with Gasteiger partial charge in [-0.1, -0.05) is 12.1 Å². The molecular weight excluding hydrogens is 640 g/mol. The number of aromatic amines is 1. The van der Waals surface area contributed by atoms with Crippen molar-refractivity contribution in [1.82, 2.24) is 20.8 Å². The highest BCUT2D eigenvalue weighted by atomic mass is 19.1. The first-order chi connectivity index (χ1) is 24.4. The Morgan fingerprint density at radius 2 is 1.74 bits per heavy atom. The van der Waals surface area contributed by atoms with Gasteiger partial charge in [-0.3, -0.25) is 14.7 Å². The largest absolute Gasteiger partial charge is 0.381 e. The number of benzene rings is 4. The van der Waals surface area contributed by atoms with Crippen LogP contribution in [0.4, 0.5) is 26.0 Å². The number of H-pyrrole nitrogens is 1. The first-order valence-corrected chi connectivity index (χ1v) is 17.0. The van der Waals surface area contributed by atoms with Gasteiger partial charge in [0.25, 0.3) is 11.8 Å². The van der Waals surface area contributed by atoms with Gasteiger partial charge in [-0.15, -0.1) is 0 Å². The number of aromatic nitrogens is 2. The van der Waals surface area contributed by atoms with Crippen molar-refractivity contribution in [2.75, 3.05) is 54.9 Å². The van der Waals surface area contributed by atoms with Crippen LogP contribution in [0, 0.1) is 11.6 Å². The Bertz CT molecular complexity index is 2080. The van der Waals surface area contributed by atoms with Crippen molar-refractivity contribution in [3.8, 4) is 11.1 Å². The third kappa shape index (κ3) is 6.51. The van der Waals surface area contributed by atoms with Crippen LogP contribution in [-0.2, 0) is 17.7 Å². The number of piperazine rings is 1. The maximum absolute atomic E-state index is 14.3. The number of anilines is 3. The second-order valence-electron chi connectivity index (χ2n) is 13.1. The van der Waals surface area contributed by atoms with Gasteiger partial charge in [0, 0.05) is 80.4 Å². The number of hydrogen-bond acceptors (Lipinski definition) is 7. The predicted molar refractivity (Wildman–Crippen MR) is 189 cm³/mol. The fraction of sp³-hybridized carbons (Fsp3) is 0.289. The third-order valence-corrected chi connectivity index (χ3v) is 9.75. The number of carbonyl (C=O) groups excluding carboxylic acids is 2. The summed E-state index contributed by atoms with van der Waals surface area (Å²) in [5, 5.41) is 21.1. The van der Waals surface area contributed by atoms with Crippen molar-refractivity contribution in [2.45, 2.75) is 31.8 Å². The van der Waals surface area contributed by atoms with Crippen molar-refractivity contribution >= 4 is 39.9 Å². The van der Waals surface area contributed by atoms with Gasteiger partial charge in [0.15, 0.2) is 5.82 Å². The molecule has 0 atom stereocenters. The van der Waals surface area contributed by atoms with Gasteiger partial charge in [0.2, 0.25) is 0 Å². The number of halogens is 2. The Kier molecular flexibility index (Phi) is 8.63. The topological polar surface area (TPSA) is 123 Å². The minimum atomic E-state index is -0.666. The van der Waals surface area contributed by atoms with E-state index in [2.05, 4.69) is 42.4 Å². The maximum atomic E-state index is 14.3. The second-order valence-corrected chi connectivity index (χ2v) is 13.1. The molecule has 2 saturated heterocycles. The van der Waals surface area contributed by atoms with Crippen molar-refractivity contribution in [3.63, 3.8) is 0 Å². The van der Waals surface area contributed by atoms with Gasteiger partial charge in [-0.2, -0.15) is 5.10 Å². The van der Waals surface area contributed by atoms with Crippen LogP contribution in [0.5, 0.6) is 0 Å². The lowest BCUT2D eigenvalue weighted by atomic mass is 9.92. The Labute approximate surface area is 287 Å². The molecule has 5 N–H and O–H groups in total. The molecule has 2 fully saturated rings. The highest BCUT2D eigenvalue weighted by Gasteiger charge is 2.23. The quantitative estimate of drug-likeness (QED) is 0.145. The summed E-state index contributed by atoms with van der Waals surface area (Å²) in [7, 11) is 0. The molecule has 1 aromatic heterocycles. The molecule has 0 spiro atoms. The zero-order chi connectivity index (χ0) is 34.2. The highest BCUT2D eigenvalue weighted by molar-refractivity contribution is 6.11. The van der Waals surface area contributed by atoms with E-state index in [0.717, 1.165) is 78.7 Å². The number of ether oxygens (including phenoxy) is 1. The summed E-state index contributed by atoms with van der Waals surface area (Å²) in [6.45, 7) is 5.37. The summed E-state index contributed by atoms with van der Waals surface area (Å²) in [4.78, 5) is 28.8. The summed E-state index contributed by atoms with van der Waals surface area (Å²) in [5.41, 5.74) is 7.21. The molecule has 10 nitrogen and oxygen atoms in total. The van der Waals surface area contributed by atoms with Gasteiger partial charge in [-0.05, 0) is 95.6 Å². The normalized spacial score (nSPS) is 16.4. The van der Waals surface area contributed by atoms with Crippen molar-refractivity contribution in [2.24, 2.45) is 0 Å². The summed E-state index contributed by atoms with van der Waals surface area (Å²) in [6, 6.07) is 19.0. The molecule has 4 aromatic carbocycles. The Morgan fingerprint density at radius 1 is 0.940 bits per heavy atom. The Balaban J connectivity index is 1.15. The minimum absolute atomic E-state index is 0.144. The average Bonchev–Trinajstić information content (AvgIpc) is 3.70. The summed E-state index contributed by atoms with van der Waals surface area (Å²) in [5.74, 6) is -1.46. The monoisotopic (exact) mass is 677 g/mol. The first kappa shape index (κ1) is 31.9. The number of nitrogens with zero attached hydrogens (tertiary/aromatic N) is 2. The van der Waals surface area contributed by atoms with Crippen LogP contribution in [0.2, 0.25) is 0 Å². The van der Waals surface area contributed by atoms with Crippen LogP contribution < -0.4 is 26.2 Å². The van der Waals surface area contributed by atoms with E-state index in [1.54, 1.807) is 0 Å². The molecular formula is C38H37F2N7O3. The number of amides is 2. The number of fused-ring (bicyclic) bond motifs is 2. The number of nitrogens with one attached hydrogen (secondary N) is 5. The second kappa shape index (κ2) is 13.5. The molecule has 50 heavy (non-hydrogen) atoms. The van der Waals surface area contributed by atoms with Gasteiger partial charge in [-0.25, -0.2) is 8.78 Å². The zero-order valence-electron chi connectivity index (χ0n) is 27.4. The SMILES string of the molecule is O=C1NCc2ccc(-c3cc4[nH]nc(NC(=O)c5ccc(N6CCNCC6)cc5NC5CCOCC5)c4cc3Cc3cc(F)cc(F)c3)cc21. The third-order valence-electron chi connectivity index (χ3n) is 9.75. The molecule has 5 aromatic rings. The van der Waals surface area contributed by atoms with E-state index in [4.69, 9.17) is 4.74 Å². The molecule has 8 rings (SSSR count). The minimum Gasteiger partial charge on any atom is -0.381 e. The Hall–Kier alpha value is -5.33. The summed E-state index contributed by atoms with van der Waals surface area (Å²) < 4.78 is 34.1. The lowest BCUT2D eigenvalue weighted by Crippen LogP contribution is -2.43. The molecule has 0 bridgehead atoms. The van der Waals surface area contributed by atoms with Crippen molar-refractivity contribution in [3.05, 3.63) is 106 Å². The number of carbonyl (C=O) groups is 2. The first-order valence-electron chi connectivity index (χ1n) is 17.0. The Morgan fingerprint density at radius 3 is 2.54 bits per heavy atom. The molecule has 0 aliphatic carbocycles. The molecule has 0 saturated carbocycles. The van der Waals surface area contributed by atoms with E-state index in [9.17, 15) is 18.4 Å². The van der Waals surface area contributed by atoms with E-state index < -0.39 is 11.6 Å². The fourth-order valence-corrected chi connectivity index (χ4v) is 7.14. The lowest BCUT2D eigenvalue weighted by Gasteiger charge is -2.31. The zero-order valence-corrected chi connectivity index (χ0v) is 27.4. The molecule has 12 heteroatoms. The van der Waals surface area contributed by atoms with Crippen molar-refractivity contribution < 1.29 is 23.1 Å². The molecule has 0 unspecified atom stereocenters. The average molecular weight is 678 g/mol. The van der Waals surface area contributed by atoms with E-state index in [-0.39, 0.29) is 24.3 Å². The van der Waals surface area contributed by atoms with Crippen LogP contribution in [-0.4, -0.2) is 67.4 Å². The molecule has 3 aliphatic rings. The van der Waals surface area contributed by atoms with Crippen molar-refractivity contribution in [1.29, 1.82) is 0 Å². The smallest absolute Gasteiger partial charge is 0.258 e. The molecule has 3 aliphatic heterocycles. The van der Waals surface area contributed by atoms with Crippen LogP contribution in [0.15, 0.2) is 66.7 Å². The molecule has 2 amide bonds. The molecule has 256 valence electrons. The standard InChI is InChI=1S/C38H37F2N7O3/c39-26-14-22(15-27(40)18-26)13-25-17-33-35(20-31(25)23-1-2-24-21-42-37(48)32(24)16-23)45-46-36(33)44-38(49)30-4-3-29(47-9-7-41-8-10-47)19-34(30)43-28-5-11-50-12-6-28/h1-4,14-20,28,41,43H,5-13,21H2,(H,42,48)(H2,44,45,46,49). The predicted octanol–water partition coefficient (Wildman–Crippen LogP) is 5.60.